The molecule has 80 valence electrons. The fraction of sp³-hybridized carbons (Fsp3) is 0.700. The summed E-state index contributed by atoms with van der Waals surface area (Å²) >= 11 is 0. The fourth-order valence-corrected chi connectivity index (χ4v) is 1.47. The Morgan fingerprint density at radius 1 is 1.64 bits per heavy atom. The van der Waals surface area contributed by atoms with Crippen LogP contribution >= 0.6 is 0 Å². The summed E-state index contributed by atoms with van der Waals surface area (Å²) in [5.41, 5.74) is -0.238. The minimum absolute atomic E-state index is 0.0129. The summed E-state index contributed by atoms with van der Waals surface area (Å²) in [5, 5.41) is 8.82. The molecule has 1 heterocycles. The summed E-state index contributed by atoms with van der Waals surface area (Å²) in [4.78, 5) is 10.7. The average molecular weight is 200 g/mol. The van der Waals surface area contributed by atoms with Crippen LogP contribution in [0.5, 0.6) is 0 Å². The molecule has 14 heavy (non-hydrogen) atoms. The van der Waals surface area contributed by atoms with E-state index >= 15 is 0 Å². The van der Waals surface area contributed by atoms with E-state index in [1.807, 2.05) is 13.8 Å². The predicted molar refractivity (Wildman–Crippen MR) is 50.9 cm³/mol. The molecule has 0 radical (unpaired) electrons. The van der Waals surface area contributed by atoms with Crippen molar-refractivity contribution in [3.63, 3.8) is 0 Å². The van der Waals surface area contributed by atoms with Gasteiger partial charge in [0, 0.05) is 5.57 Å². The van der Waals surface area contributed by atoms with E-state index in [1.54, 1.807) is 0 Å². The molecule has 1 unspecified atom stereocenters. The van der Waals surface area contributed by atoms with Crippen LogP contribution in [0.4, 0.5) is 0 Å². The minimum atomic E-state index is -0.950. The first-order valence-corrected chi connectivity index (χ1v) is 4.55. The summed E-state index contributed by atoms with van der Waals surface area (Å²) in [5.74, 6) is -0.950. The van der Waals surface area contributed by atoms with Crippen molar-refractivity contribution in [2.75, 3.05) is 13.4 Å². The molecular formula is C10H16O4. The van der Waals surface area contributed by atoms with E-state index in [2.05, 4.69) is 6.58 Å². The zero-order valence-corrected chi connectivity index (χ0v) is 8.58. The van der Waals surface area contributed by atoms with Gasteiger partial charge < -0.3 is 14.6 Å². The third-order valence-electron chi connectivity index (χ3n) is 2.50. The monoisotopic (exact) mass is 200 g/mol. The maximum absolute atomic E-state index is 10.7. The standard InChI is InChI=1S/C10H16O4/c1-7(9(11)12)10(2,3)4-8-5-13-6-14-8/h8H,1,4-6H2,2-3H3,(H,11,12). The summed E-state index contributed by atoms with van der Waals surface area (Å²) in [7, 11) is 0. The first-order chi connectivity index (χ1) is 6.43. The normalized spacial score (nSPS) is 22.3. The predicted octanol–water partition coefficient (Wildman–Crippen LogP) is 1.42. The van der Waals surface area contributed by atoms with Gasteiger partial charge in [0.25, 0.3) is 0 Å². The van der Waals surface area contributed by atoms with Crippen LogP contribution in [0, 0.1) is 5.41 Å². The van der Waals surface area contributed by atoms with E-state index in [4.69, 9.17) is 14.6 Å². The number of carbonyl (C=O) groups is 1. The SMILES string of the molecule is C=C(C(=O)O)C(C)(C)CC1COCO1. The molecule has 0 aromatic carbocycles. The summed E-state index contributed by atoms with van der Waals surface area (Å²) in [6.45, 7) is 8.12. The van der Waals surface area contributed by atoms with Gasteiger partial charge in [0.1, 0.15) is 6.79 Å². The Kier molecular flexibility index (Phi) is 3.29. The summed E-state index contributed by atoms with van der Waals surface area (Å²) in [6, 6.07) is 0. The molecule has 4 nitrogen and oxygen atoms in total. The molecule has 0 aliphatic carbocycles. The largest absolute Gasteiger partial charge is 0.478 e. The van der Waals surface area contributed by atoms with Crippen LogP contribution < -0.4 is 0 Å². The number of rotatable bonds is 4. The van der Waals surface area contributed by atoms with Crippen LogP contribution in [0.3, 0.4) is 0 Å². The van der Waals surface area contributed by atoms with Gasteiger partial charge in [-0.2, -0.15) is 0 Å². The molecule has 1 aliphatic rings. The summed E-state index contributed by atoms with van der Waals surface area (Å²) < 4.78 is 10.3. The fourth-order valence-electron chi connectivity index (χ4n) is 1.47. The maximum Gasteiger partial charge on any atom is 0.331 e. The van der Waals surface area contributed by atoms with Crippen molar-refractivity contribution in [3.8, 4) is 0 Å². The maximum atomic E-state index is 10.7. The molecule has 0 bridgehead atoms. The van der Waals surface area contributed by atoms with Gasteiger partial charge in [-0.15, -0.1) is 0 Å². The lowest BCUT2D eigenvalue weighted by atomic mass is 9.80. The molecule has 0 saturated carbocycles. The van der Waals surface area contributed by atoms with E-state index in [9.17, 15) is 4.79 Å². The second-order valence-electron chi connectivity index (χ2n) is 4.15. The van der Waals surface area contributed by atoms with Crippen LogP contribution in [-0.2, 0) is 14.3 Å². The van der Waals surface area contributed by atoms with Crippen molar-refractivity contribution in [1.29, 1.82) is 0 Å². The molecular weight excluding hydrogens is 184 g/mol. The van der Waals surface area contributed by atoms with Gasteiger partial charge in [-0.3, -0.25) is 0 Å². The molecule has 0 aromatic heterocycles. The number of aliphatic carboxylic acids is 1. The molecule has 0 amide bonds. The lowest BCUT2D eigenvalue weighted by Crippen LogP contribution is -2.27. The van der Waals surface area contributed by atoms with E-state index in [-0.39, 0.29) is 11.7 Å². The number of hydrogen-bond acceptors (Lipinski definition) is 3. The zero-order chi connectivity index (χ0) is 10.8. The van der Waals surface area contributed by atoms with Crippen LogP contribution in [0.2, 0.25) is 0 Å². The lowest BCUT2D eigenvalue weighted by molar-refractivity contribution is -0.133. The highest BCUT2D eigenvalue weighted by Crippen LogP contribution is 2.32. The molecule has 1 saturated heterocycles. The number of carboxylic acid groups (broad SMARTS) is 1. The number of carboxylic acids is 1. The second-order valence-corrected chi connectivity index (χ2v) is 4.15. The molecule has 4 heteroatoms. The van der Waals surface area contributed by atoms with Crippen LogP contribution in [0.1, 0.15) is 20.3 Å². The van der Waals surface area contributed by atoms with Gasteiger partial charge in [0.05, 0.1) is 12.7 Å². The van der Waals surface area contributed by atoms with Gasteiger partial charge >= 0.3 is 5.97 Å². The molecule has 0 spiro atoms. The van der Waals surface area contributed by atoms with Crippen molar-refractivity contribution in [2.24, 2.45) is 5.41 Å². The van der Waals surface area contributed by atoms with Crippen molar-refractivity contribution in [3.05, 3.63) is 12.2 Å². The topological polar surface area (TPSA) is 55.8 Å². The third kappa shape index (κ3) is 2.56. The molecule has 0 aromatic rings. The van der Waals surface area contributed by atoms with Gasteiger partial charge in [-0.25, -0.2) is 4.79 Å². The Morgan fingerprint density at radius 2 is 2.29 bits per heavy atom. The smallest absolute Gasteiger partial charge is 0.331 e. The highest BCUT2D eigenvalue weighted by Gasteiger charge is 2.32. The van der Waals surface area contributed by atoms with Crippen molar-refractivity contribution in [2.45, 2.75) is 26.4 Å². The highest BCUT2D eigenvalue weighted by molar-refractivity contribution is 5.87. The Balaban J connectivity index is 2.55. The summed E-state index contributed by atoms with van der Waals surface area (Å²) in [6.07, 6.45) is 0.610. The minimum Gasteiger partial charge on any atom is -0.478 e. The van der Waals surface area contributed by atoms with Crippen molar-refractivity contribution < 1.29 is 19.4 Å². The van der Waals surface area contributed by atoms with Crippen molar-refractivity contribution in [1.82, 2.24) is 0 Å². The van der Waals surface area contributed by atoms with E-state index in [0.29, 0.717) is 19.8 Å². The molecule has 1 N–H and O–H groups in total. The van der Waals surface area contributed by atoms with E-state index < -0.39 is 11.4 Å². The van der Waals surface area contributed by atoms with Crippen LogP contribution in [0.25, 0.3) is 0 Å². The zero-order valence-electron chi connectivity index (χ0n) is 8.58. The quantitative estimate of drug-likeness (QED) is 0.697. The Hall–Kier alpha value is -0.870. The Labute approximate surface area is 83.5 Å². The molecule has 1 aliphatic heterocycles. The van der Waals surface area contributed by atoms with Gasteiger partial charge in [0.2, 0.25) is 0 Å². The first kappa shape index (κ1) is 11.2. The number of ether oxygens (including phenoxy) is 2. The number of hydrogen-bond donors (Lipinski definition) is 1. The van der Waals surface area contributed by atoms with E-state index in [0.717, 1.165) is 0 Å². The third-order valence-corrected chi connectivity index (χ3v) is 2.50. The van der Waals surface area contributed by atoms with Gasteiger partial charge in [0.15, 0.2) is 0 Å². The first-order valence-electron chi connectivity index (χ1n) is 4.55. The van der Waals surface area contributed by atoms with Crippen LogP contribution in [-0.4, -0.2) is 30.6 Å². The van der Waals surface area contributed by atoms with Gasteiger partial charge in [-0.1, -0.05) is 20.4 Å². The average Bonchev–Trinajstić information content (AvgIpc) is 2.54. The Bertz CT molecular complexity index is 239. The molecule has 1 fully saturated rings. The van der Waals surface area contributed by atoms with Crippen molar-refractivity contribution >= 4 is 5.97 Å². The molecule has 1 rings (SSSR count). The molecule has 1 atom stereocenters. The van der Waals surface area contributed by atoms with Gasteiger partial charge in [-0.05, 0) is 11.8 Å². The van der Waals surface area contributed by atoms with Crippen LogP contribution in [0.15, 0.2) is 12.2 Å². The second kappa shape index (κ2) is 4.11. The lowest BCUT2D eigenvalue weighted by Gasteiger charge is -2.26. The highest BCUT2D eigenvalue weighted by atomic mass is 16.7. The van der Waals surface area contributed by atoms with E-state index in [1.165, 1.54) is 0 Å². The Morgan fingerprint density at radius 3 is 2.71 bits per heavy atom.